The summed E-state index contributed by atoms with van der Waals surface area (Å²) in [5.41, 5.74) is -0.635. The maximum atomic E-state index is 13.5. The van der Waals surface area contributed by atoms with Gasteiger partial charge < -0.3 is 25.1 Å². The number of hydrogen-bond donors (Lipinski definition) is 3. The minimum absolute atomic E-state index is 0.0450. The average Bonchev–Trinajstić information content (AvgIpc) is 3.42. The predicted molar refractivity (Wildman–Crippen MR) is 110 cm³/mol. The molecule has 1 aliphatic rings. The van der Waals surface area contributed by atoms with E-state index in [1.54, 1.807) is 0 Å². The fraction of sp³-hybridized carbons (Fsp3) is 0.182. The van der Waals surface area contributed by atoms with E-state index in [9.17, 15) is 22.8 Å². The summed E-state index contributed by atoms with van der Waals surface area (Å²) in [5, 5.41) is 7.07. The van der Waals surface area contributed by atoms with E-state index < -0.39 is 29.4 Å². The zero-order chi connectivity index (χ0) is 22.7. The third kappa shape index (κ3) is 4.85. The molecule has 1 unspecified atom stereocenters. The van der Waals surface area contributed by atoms with Crippen LogP contribution in [0.15, 0.2) is 65.3 Å². The van der Waals surface area contributed by atoms with Crippen LogP contribution in [0.4, 0.5) is 29.3 Å². The molecule has 4 rings (SSSR count). The van der Waals surface area contributed by atoms with E-state index in [2.05, 4.69) is 16.0 Å². The van der Waals surface area contributed by atoms with Crippen LogP contribution in [-0.4, -0.2) is 24.6 Å². The van der Waals surface area contributed by atoms with Gasteiger partial charge in [-0.15, -0.1) is 0 Å². The minimum Gasteiger partial charge on any atom is -0.488 e. The molecular weight excluding hydrogens is 427 g/mol. The molecule has 0 spiro atoms. The van der Waals surface area contributed by atoms with Gasteiger partial charge in [-0.3, -0.25) is 4.79 Å². The molecule has 0 fully saturated rings. The molecule has 3 amide bonds. The van der Waals surface area contributed by atoms with Gasteiger partial charge in [-0.05, 0) is 42.0 Å². The van der Waals surface area contributed by atoms with Crippen molar-refractivity contribution in [3.63, 3.8) is 0 Å². The molecule has 32 heavy (non-hydrogen) atoms. The number of rotatable bonds is 5. The fourth-order valence-corrected chi connectivity index (χ4v) is 3.31. The monoisotopic (exact) mass is 445 g/mol. The second kappa shape index (κ2) is 8.66. The van der Waals surface area contributed by atoms with Gasteiger partial charge in [0.25, 0.3) is 5.91 Å². The lowest BCUT2D eigenvalue weighted by Gasteiger charge is -2.17. The normalized spacial score (nSPS) is 14.9. The first-order chi connectivity index (χ1) is 15.3. The van der Waals surface area contributed by atoms with Gasteiger partial charge in [-0.2, -0.15) is 13.2 Å². The molecular formula is C22H18F3N3O4. The summed E-state index contributed by atoms with van der Waals surface area (Å²) in [4.78, 5) is 24.2. The summed E-state index contributed by atoms with van der Waals surface area (Å²) in [5.74, 6) is -0.0122. The topological polar surface area (TPSA) is 92.6 Å². The highest BCUT2D eigenvalue weighted by atomic mass is 19.4. The van der Waals surface area contributed by atoms with Crippen molar-refractivity contribution in [3.8, 4) is 5.75 Å². The smallest absolute Gasteiger partial charge is 0.418 e. The van der Waals surface area contributed by atoms with E-state index in [-0.39, 0.29) is 24.1 Å². The Morgan fingerprint density at radius 2 is 1.84 bits per heavy atom. The van der Waals surface area contributed by atoms with Gasteiger partial charge in [-0.1, -0.05) is 18.2 Å². The third-order valence-electron chi connectivity index (χ3n) is 4.78. The van der Waals surface area contributed by atoms with Crippen LogP contribution in [-0.2, 0) is 12.6 Å². The maximum Gasteiger partial charge on any atom is 0.418 e. The number of alkyl halides is 3. The van der Waals surface area contributed by atoms with Gasteiger partial charge in [0, 0.05) is 12.1 Å². The number of hydrogen-bond acceptors (Lipinski definition) is 4. The van der Waals surface area contributed by atoms with E-state index in [0.29, 0.717) is 6.42 Å². The molecule has 7 nitrogen and oxygen atoms in total. The molecule has 0 radical (unpaired) electrons. The average molecular weight is 445 g/mol. The molecule has 2 heterocycles. The highest BCUT2D eigenvalue weighted by Gasteiger charge is 2.34. The van der Waals surface area contributed by atoms with Gasteiger partial charge in [0.05, 0.1) is 24.1 Å². The first-order valence-corrected chi connectivity index (χ1v) is 9.65. The lowest BCUT2D eigenvalue weighted by atomic mass is 10.1. The number of halogens is 3. The van der Waals surface area contributed by atoms with Gasteiger partial charge >= 0.3 is 12.2 Å². The van der Waals surface area contributed by atoms with Crippen LogP contribution in [0.3, 0.4) is 0 Å². The Kier molecular flexibility index (Phi) is 5.76. The number of furan rings is 1. The van der Waals surface area contributed by atoms with E-state index in [4.69, 9.17) is 9.15 Å². The van der Waals surface area contributed by atoms with Crippen molar-refractivity contribution < 1.29 is 31.9 Å². The van der Waals surface area contributed by atoms with E-state index in [1.807, 2.05) is 24.3 Å². The number of para-hydroxylation sites is 1. The molecule has 1 aromatic heterocycles. The fourth-order valence-electron chi connectivity index (χ4n) is 3.31. The number of benzene rings is 2. The van der Waals surface area contributed by atoms with Crippen LogP contribution in [0.2, 0.25) is 0 Å². The molecule has 166 valence electrons. The summed E-state index contributed by atoms with van der Waals surface area (Å²) >= 11 is 0. The minimum atomic E-state index is -4.76. The van der Waals surface area contributed by atoms with Crippen LogP contribution < -0.4 is 20.7 Å². The van der Waals surface area contributed by atoms with Crippen molar-refractivity contribution in [2.75, 3.05) is 17.2 Å². The van der Waals surface area contributed by atoms with Crippen molar-refractivity contribution in [1.82, 2.24) is 5.32 Å². The molecule has 0 saturated heterocycles. The van der Waals surface area contributed by atoms with Crippen molar-refractivity contribution in [2.24, 2.45) is 0 Å². The Morgan fingerprint density at radius 1 is 1.03 bits per heavy atom. The zero-order valence-corrected chi connectivity index (χ0v) is 16.5. The zero-order valence-electron chi connectivity index (χ0n) is 16.5. The molecule has 1 atom stereocenters. The lowest BCUT2D eigenvalue weighted by Crippen LogP contribution is -2.37. The predicted octanol–water partition coefficient (Wildman–Crippen LogP) is 4.68. The summed E-state index contributed by atoms with van der Waals surface area (Å²) in [6.45, 7) is 0.124. The summed E-state index contributed by atoms with van der Waals surface area (Å²) in [6, 6.07) is 12.6. The number of fused-ring (bicyclic) bond motifs is 1. The Morgan fingerprint density at radius 3 is 2.56 bits per heavy atom. The maximum absolute atomic E-state index is 13.5. The summed E-state index contributed by atoms with van der Waals surface area (Å²) < 4.78 is 51.3. The standard InChI is InChI=1S/C22H18F3N3O4/c23-22(24,25)16-11-14(27-20(29)19-6-3-9-31-19)7-8-17(16)28-21(30)26-12-15-10-13-4-1-2-5-18(13)32-15/h1-9,11,15H,10,12H2,(H,27,29)(H2,26,28,30). The van der Waals surface area contributed by atoms with Gasteiger partial charge in [-0.25, -0.2) is 4.79 Å². The van der Waals surface area contributed by atoms with Crippen molar-refractivity contribution >= 4 is 23.3 Å². The molecule has 2 aromatic carbocycles. The van der Waals surface area contributed by atoms with Crippen LogP contribution in [0.25, 0.3) is 0 Å². The first kappa shape index (κ1) is 21.3. The molecule has 3 N–H and O–H groups in total. The van der Waals surface area contributed by atoms with Crippen molar-refractivity contribution in [2.45, 2.75) is 18.7 Å². The highest BCUT2D eigenvalue weighted by Crippen LogP contribution is 2.36. The number of amides is 3. The third-order valence-corrected chi connectivity index (χ3v) is 4.78. The number of nitrogens with one attached hydrogen (secondary N) is 3. The molecule has 1 aliphatic heterocycles. The number of ether oxygens (including phenoxy) is 1. The van der Waals surface area contributed by atoms with Crippen LogP contribution >= 0.6 is 0 Å². The van der Waals surface area contributed by atoms with Crippen molar-refractivity contribution in [1.29, 1.82) is 0 Å². The van der Waals surface area contributed by atoms with Crippen molar-refractivity contribution in [3.05, 3.63) is 77.7 Å². The number of anilines is 2. The Hall–Kier alpha value is -3.95. The first-order valence-electron chi connectivity index (χ1n) is 9.65. The van der Waals surface area contributed by atoms with Gasteiger partial charge in [0.2, 0.25) is 0 Å². The van der Waals surface area contributed by atoms with E-state index in [0.717, 1.165) is 23.4 Å². The SMILES string of the molecule is O=C(NCC1Cc2ccccc2O1)Nc1ccc(NC(=O)c2ccco2)cc1C(F)(F)F. The molecule has 0 saturated carbocycles. The summed E-state index contributed by atoms with van der Waals surface area (Å²) in [6.07, 6.45) is -3.20. The second-order valence-electron chi connectivity index (χ2n) is 7.08. The number of urea groups is 1. The van der Waals surface area contributed by atoms with Crippen LogP contribution in [0.1, 0.15) is 21.7 Å². The quantitative estimate of drug-likeness (QED) is 0.532. The largest absolute Gasteiger partial charge is 0.488 e. The number of carbonyl (C=O) groups excluding carboxylic acids is 2. The second-order valence-corrected chi connectivity index (χ2v) is 7.08. The molecule has 10 heteroatoms. The van der Waals surface area contributed by atoms with Gasteiger partial charge in [0.15, 0.2) is 5.76 Å². The van der Waals surface area contributed by atoms with Gasteiger partial charge in [0.1, 0.15) is 11.9 Å². The highest BCUT2D eigenvalue weighted by molar-refractivity contribution is 6.02. The van der Waals surface area contributed by atoms with E-state index in [1.165, 1.54) is 24.5 Å². The lowest BCUT2D eigenvalue weighted by molar-refractivity contribution is -0.136. The van der Waals surface area contributed by atoms with Crippen LogP contribution in [0, 0.1) is 0 Å². The number of carbonyl (C=O) groups is 2. The van der Waals surface area contributed by atoms with E-state index >= 15 is 0 Å². The Labute approximate surface area is 180 Å². The molecule has 3 aromatic rings. The Bertz CT molecular complexity index is 1100. The molecule has 0 aliphatic carbocycles. The van der Waals surface area contributed by atoms with Crippen LogP contribution in [0.5, 0.6) is 5.75 Å². The summed E-state index contributed by atoms with van der Waals surface area (Å²) in [7, 11) is 0. The molecule has 0 bridgehead atoms. The Balaban J connectivity index is 1.40.